The van der Waals surface area contributed by atoms with Crippen LogP contribution in [0.2, 0.25) is 0 Å². The second kappa shape index (κ2) is 6.39. The first kappa shape index (κ1) is 15.0. The summed E-state index contributed by atoms with van der Waals surface area (Å²) in [4.78, 5) is 13.9. The summed E-state index contributed by atoms with van der Waals surface area (Å²) in [7, 11) is 1.94. The molecule has 1 atom stereocenters. The van der Waals surface area contributed by atoms with Gasteiger partial charge in [0.15, 0.2) is 0 Å². The lowest BCUT2D eigenvalue weighted by atomic mass is 10.0. The summed E-state index contributed by atoms with van der Waals surface area (Å²) in [6.07, 6.45) is 6.02. The summed E-state index contributed by atoms with van der Waals surface area (Å²) in [5.74, 6) is 0.387. The molecule has 112 valence electrons. The van der Waals surface area contributed by atoms with Gasteiger partial charge in [-0.15, -0.1) is 0 Å². The summed E-state index contributed by atoms with van der Waals surface area (Å²) in [5.41, 5.74) is 1.22. The monoisotopic (exact) mass is 278 g/mol. The molecule has 5 heteroatoms. The number of piperidine rings is 1. The molecule has 0 radical (unpaired) electrons. The van der Waals surface area contributed by atoms with Crippen LogP contribution in [-0.2, 0) is 11.8 Å². The Kier molecular flexibility index (Phi) is 4.81. The molecule has 20 heavy (non-hydrogen) atoms. The number of carbonyl (C=O) groups excluding carboxylic acids is 1. The van der Waals surface area contributed by atoms with E-state index in [-0.39, 0.29) is 11.8 Å². The largest absolute Gasteiger partial charge is 0.342 e. The Bertz CT molecular complexity index is 446. The summed E-state index contributed by atoms with van der Waals surface area (Å²) in [6, 6.07) is 0.794. The van der Waals surface area contributed by atoms with Crippen molar-refractivity contribution in [2.45, 2.75) is 45.7 Å². The van der Waals surface area contributed by atoms with Crippen LogP contribution in [0.3, 0.4) is 0 Å². The van der Waals surface area contributed by atoms with Gasteiger partial charge in [-0.1, -0.05) is 13.8 Å². The minimum absolute atomic E-state index is 0.105. The van der Waals surface area contributed by atoms with Crippen LogP contribution in [0.15, 0.2) is 12.4 Å². The lowest BCUT2D eigenvalue weighted by molar-refractivity contribution is -0.135. The summed E-state index contributed by atoms with van der Waals surface area (Å²) in [5, 5.41) is 7.86. The van der Waals surface area contributed by atoms with Gasteiger partial charge in [0.1, 0.15) is 0 Å². The zero-order chi connectivity index (χ0) is 14.7. The smallest absolute Gasteiger partial charge is 0.225 e. The van der Waals surface area contributed by atoms with Crippen molar-refractivity contribution in [1.29, 1.82) is 0 Å². The van der Waals surface area contributed by atoms with Gasteiger partial charge >= 0.3 is 0 Å². The average molecular weight is 278 g/mol. The Balaban J connectivity index is 1.81. The Morgan fingerprint density at radius 1 is 1.35 bits per heavy atom. The molecule has 2 heterocycles. The van der Waals surface area contributed by atoms with E-state index in [1.54, 1.807) is 0 Å². The van der Waals surface area contributed by atoms with Gasteiger partial charge < -0.3 is 10.2 Å². The van der Waals surface area contributed by atoms with Gasteiger partial charge in [-0.05, 0) is 19.8 Å². The van der Waals surface area contributed by atoms with Crippen molar-refractivity contribution in [3.8, 4) is 0 Å². The molecule has 0 aliphatic carbocycles. The quantitative estimate of drug-likeness (QED) is 0.912. The molecule has 1 aliphatic rings. The molecule has 1 amide bonds. The highest BCUT2D eigenvalue weighted by atomic mass is 16.2. The first-order valence-electron chi connectivity index (χ1n) is 7.50. The number of carbonyl (C=O) groups is 1. The maximum absolute atomic E-state index is 11.9. The Labute approximate surface area is 121 Å². The predicted molar refractivity (Wildman–Crippen MR) is 79.2 cm³/mol. The maximum atomic E-state index is 11.9. The van der Waals surface area contributed by atoms with Crippen LogP contribution in [0.4, 0.5) is 0 Å². The zero-order valence-corrected chi connectivity index (χ0v) is 13.0. The fourth-order valence-corrected chi connectivity index (χ4v) is 2.75. The van der Waals surface area contributed by atoms with E-state index < -0.39 is 0 Å². The number of nitrogens with one attached hydrogen (secondary N) is 1. The molecule has 1 aromatic rings. The first-order valence-corrected chi connectivity index (χ1v) is 7.50. The third-order valence-electron chi connectivity index (χ3n) is 4.01. The normalized spacial score (nSPS) is 18.6. The van der Waals surface area contributed by atoms with Crippen LogP contribution in [0.5, 0.6) is 0 Å². The molecule has 1 aromatic heterocycles. The van der Waals surface area contributed by atoms with Crippen LogP contribution < -0.4 is 5.32 Å². The Morgan fingerprint density at radius 3 is 2.50 bits per heavy atom. The number of likely N-dealkylation sites (tertiary alicyclic amines) is 1. The SMILES string of the molecule is CC(C)C(=O)N1CCC(NC(C)c2cnn(C)c2)CC1. The first-order chi connectivity index (χ1) is 9.47. The van der Waals surface area contributed by atoms with Gasteiger partial charge in [-0.2, -0.15) is 5.10 Å². The highest BCUT2D eigenvalue weighted by Crippen LogP contribution is 2.18. The van der Waals surface area contributed by atoms with E-state index in [1.807, 2.05) is 36.7 Å². The van der Waals surface area contributed by atoms with Crippen molar-refractivity contribution in [2.75, 3.05) is 13.1 Å². The fourth-order valence-electron chi connectivity index (χ4n) is 2.75. The van der Waals surface area contributed by atoms with Crippen molar-refractivity contribution in [3.05, 3.63) is 18.0 Å². The van der Waals surface area contributed by atoms with E-state index in [0.717, 1.165) is 25.9 Å². The van der Waals surface area contributed by atoms with Crippen molar-refractivity contribution >= 4 is 5.91 Å². The van der Waals surface area contributed by atoms with Gasteiger partial charge in [0.25, 0.3) is 0 Å². The van der Waals surface area contributed by atoms with Gasteiger partial charge in [0.05, 0.1) is 6.20 Å². The number of nitrogens with zero attached hydrogens (tertiary/aromatic N) is 3. The minimum Gasteiger partial charge on any atom is -0.342 e. The molecule has 0 spiro atoms. The lowest BCUT2D eigenvalue weighted by Crippen LogP contribution is -2.46. The van der Waals surface area contributed by atoms with Crippen molar-refractivity contribution < 1.29 is 4.79 Å². The van der Waals surface area contributed by atoms with Gasteiger partial charge in [-0.25, -0.2) is 0 Å². The summed E-state index contributed by atoms with van der Waals surface area (Å²) >= 11 is 0. The molecule has 5 nitrogen and oxygen atoms in total. The lowest BCUT2D eigenvalue weighted by Gasteiger charge is -2.34. The predicted octanol–water partition coefficient (Wildman–Crippen LogP) is 1.72. The number of hydrogen-bond acceptors (Lipinski definition) is 3. The average Bonchev–Trinajstić information content (AvgIpc) is 2.85. The molecule has 0 saturated carbocycles. The van der Waals surface area contributed by atoms with Crippen LogP contribution in [0, 0.1) is 5.92 Å². The maximum Gasteiger partial charge on any atom is 0.225 e. The summed E-state index contributed by atoms with van der Waals surface area (Å²) < 4.78 is 1.83. The Hall–Kier alpha value is -1.36. The third-order valence-corrected chi connectivity index (χ3v) is 4.01. The number of rotatable bonds is 4. The number of aromatic nitrogens is 2. The van der Waals surface area contributed by atoms with Crippen molar-refractivity contribution in [1.82, 2.24) is 20.0 Å². The fraction of sp³-hybridized carbons (Fsp3) is 0.733. The second-order valence-corrected chi connectivity index (χ2v) is 6.09. The van der Waals surface area contributed by atoms with Gasteiger partial charge in [0.2, 0.25) is 5.91 Å². The molecule has 1 unspecified atom stereocenters. The Morgan fingerprint density at radius 2 is 2.00 bits per heavy atom. The van der Waals surface area contributed by atoms with Gasteiger partial charge in [-0.3, -0.25) is 9.48 Å². The standard InChI is InChI=1S/C15H26N4O/c1-11(2)15(20)19-7-5-14(6-8-19)17-12(3)13-9-16-18(4)10-13/h9-12,14,17H,5-8H2,1-4H3. The topological polar surface area (TPSA) is 50.2 Å². The number of aryl methyl sites for hydroxylation is 1. The highest BCUT2D eigenvalue weighted by Gasteiger charge is 2.25. The molecule has 1 saturated heterocycles. The van der Waals surface area contributed by atoms with Crippen LogP contribution in [0.1, 0.15) is 45.2 Å². The van der Waals surface area contributed by atoms with E-state index in [2.05, 4.69) is 23.5 Å². The van der Waals surface area contributed by atoms with Gasteiger partial charge in [0, 0.05) is 49.9 Å². The third kappa shape index (κ3) is 3.60. The zero-order valence-electron chi connectivity index (χ0n) is 13.0. The molecule has 1 fully saturated rings. The second-order valence-electron chi connectivity index (χ2n) is 6.09. The van der Waals surface area contributed by atoms with Crippen molar-refractivity contribution in [2.24, 2.45) is 13.0 Å². The molecule has 1 N–H and O–H groups in total. The summed E-state index contributed by atoms with van der Waals surface area (Å²) in [6.45, 7) is 7.85. The highest BCUT2D eigenvalue weighted by molar-refractivity contribution is 5.78. The van der Waals surface area contributed by atoms with Crippen LogP contribution >= 0.6 is 0 Å². The minimum atomic E-state index is 0.105. The van der Waals surface area contributed by atoms with E-state index in [4.69, 9.17) is 0 Å². The van der Waals surface area contributed by atoms with Crippen LogP contribution in [0.25, 0.3) is 0 Å². The van der Waals surface area contributed by atoms with Crippen LogP contribution in [-0.4, -0.2) is 39.7 Å². The van der Waals surface area contributed by atoms with E-state index in [0.29, 0.717) is 12.1 Å². The molecular formula is C15H26N4O. The van der Waals surface area contributed by atoms with Crippen molar-refractivity contribution in [3.63, 3.8) is 0 Å². The molecule has 0 bridgehead atoms. The molecular weight excluding hydrogens is 252 g/mol. The molecule has 1 aliphatic heterocycles. The molecule has 2 rings (SSSR count). The number of amides is 1. The van der Waals surface area contributed by atoms with E-state index >= 15 is 0 Å². The van der Waals surface area contributed by atoms with E-state index in [1.165, 1.54) is 5.56 Å². The van der Waals surface area contributed by atoms with E-state index in [9.17, 15) is 4.79 Å². The molecule has 0 aromatic carbocycles. The number of hydrogen-bond donors (Lipinski definition) is 1.